The number of para-hydroxylation sites is 1. The smallest absolute Gasteiger partial charge is 0.220 e. The second kappa shape index (κ2) is 8.17. The highest BCUT2D eigenvalue weighted by Crippen LogP contribution is 2.20. The Balaban J connectivity index is 1.44. The molecule has 1 atom stereocenters. The van der Waals surface area contributed by atoms with Gasteiger partial charge >= 0.3 is 0 Å². The van der Waals surface area contributed by atoms with Crippen LogP contribution in [-0.4, -0.2) is 29.9 Å². The number of carbonyl (C=O) groups is 1. The van der Waals surface area contributed by atoms with Crippen LogP contribution >= 0.6 is 0 Å². The van der Waals surface area contributed by atoms with Crippen LogP contribution in [0.15, 0.2) is 48.5 Å². The second-order valence-corrected chi connectivity index (χ2v) is 6.84. The Labute approximate surface area is 150 Å². The van der Waals surface area contributed by atoms with Crippen LogP contribution in [0.5, 0.6) is 0 Å². The van der Waals surface area contributed by atoms with Gasteiger partial charge in [-0.1, -0.05) is 42.5 Å². The number of carbonyl (C=O) groups excluding carboxylic acids is 1. The van der Waals surface area contributed by atoms with Crippen molar-refractivity contribution in [2.45, 2.75) is 38.8 Å². The molecule has 0 saturated heterocycles. The quantitative estimate of drug-likeness (QED) is 0.797. The lowest BCUT2D eigenvalue weighted by atomic mass is 9.99. The zero-order valence-corrected chi connectivity index (χ0v) is 14.9. The first kappa shape index (κ1) is 17.5. The average Bonchev–Trinajstić information content (AvgIpc) is 2.65. The van der Waals surface area contributed by atoms with E-state index in [9.17, 15) is 4.79 Å². The molecule has 2 aromatic carbocycles. The first-order valence-electron chi connectivity index (χ1n) is 9.04. The van der Waals surface area contributed by atoms with Crippen molar-refractivity contribution in [2.75, 3.05) is 18.8 Å². The maximum absolute atomic E-state index is 12.1. The van der Waals surface area contributed by atoms with Crippen LogP contribution in [-0.2, 0) is 24.2 Å². The van der Waals surface area contributed by atoms with E-state index >= 15 is 0 Å². The average molecular weight is 337 g/mol. The van der Waals surface area contributed by atoms with Crippen molar-refractivity contribution in [1.29, 1.82) is 0 Å². The fraction of sp³-hybridized carbons (Fsp3) is 0.381. The Bertz CT molecular complexity index is 729. The predicted octanol–water partition coefficient (Wildman–Crippen LogP) is 2.76. The van der Waals surface area contributed by atoms with E-state index in [0.717, 1.165) is 30.8 Å². The zero-order chi connectivity index (χ0) is 17.6. The predicted molar refractivity (Wildman–Crippen MR) is 102 cm³/mol. The van der Waals surface area contributed by atoms with Gasteiger partial charge in [0.2, 0.25) is 5.91 Å². The summed E-state index contributed by atoms with van der Waals surface area (Å²) in [6, 6.07) is 16.7. The monoisotopic (exact) mass is 337 g/mol. The molecule has 1 amide bonds. The van der Waals surface area contributed by atoms with Crippen molar-refractivity contribution in [3.8, 4) is 0 Å². The number of fused-ring (bicyclic) bond motifs is 1. The van der Waals surface area contributed by atoms with Gasteiger partial charge in [0.25, 0.3) is 0 Å². The van der Waals surface area contributed by atoms with Gasteiger partial charge in [0.05, 0.1) is 0 Å². The summed E-state index contributed by atoms with van der Waals surface area (Å²) in [6.45, 7) is 4.89. The van der Waals surface area contributed by atoms with Crippen LogP contribution in [0, 0.1) is 0 Å². The molecule has 3 N–H and O–H groups in total. The van der Waals surface area contributed by atoms with E-state index < -0.39 is 0 Å². The fourth-order valence-electron chi connectivity index (χ4n) is 3.38. The number of hydrogen-bond donors (Lipinski definition) is 2. The van der Waals surface area contributed by atoms with Crippen molar-refractivity contribution in [1.82, 2.24) is 10.2 Å². The molecular weight excluding hydrogens is 310 g/mol. The minimum absolute atomic E-state index is 0.0903. The molecule has 1 heterocycles. The molecule has 4 heteroatoms. The van der Waals surface area contributed by atoms with Gasteiger partial charge in [-0.2, -0.15) is 0 Å². The van der Waals surface area contributed by atoms with Crippen LogP contribution in [0.3, 0.4) is 0 Å². The number of benzene rings is 2. The summed E-state index contributed by atoms with van der Waals surface area (Å²) >= 11 is 0. The summed E-state index contributed by atoms with van der Waals surface area (Å²) in [6.07, 6.45) is 2.25. The van der Waals surface area contributed by atoms with E-state index in [1.54, 1.807) is 0 Å². The minimum Gasteiger partial charge on any atom is -0.399 e. The van der Waals surface area contributed by atoms with Crippen LogP contribution in [0.25, 0.3) is 0 Å². The molecule has 4 nitrogen and oxygen atoms in total. The Morgan fingerprint density at radius 2 is 1.88 bits per heavy atom. The molecule has 0 bridgehead atoms. The Hall–Kier alpha value is -2.33. The number of nitrogen functional groups attached to an aromatic ring is 1. The number of anilines is 1. The van der Waals surface area contributed by atoms with Crippen molar-refractivity contribution >= 4 is 11.6 Å². The van der Waals surface area contributed by atoms with Crippen LogP contribution in [0.2, 0.25) is 0 Å². The van der Waals surface area contributed by atoms with Crippen LogP contribution in [0.1, 0.15) is 30.0 Å². The molecule has 25 heavy (non-hydrogen) atoms. The lowest BCUT2D eigenvalue weighted by Gasteiger charge is -2.33. The normalized spacial score (nSPS) is 15.4. The molecule has 0 radical (unpaired) electrons. The summed E-state index contributed by atoms with van der Waals surface area (Å²) in [4.78, 5) is 14.6. The van der Waals surface area contributed by atoms with Crippen molar-refractivity contribution in [2.24, 2.45) is 0 Å². The molecular formula is C21H27N3O. The number of nitrogens with two attached hydrogens (primary N) is 1. The van der Waals surface area contributed by atoms with Gasteiger partial charge in [-0.05, 0) is 42.5 Å². The highest BCUT2D eigenvalue weighted by Gasteiger charge is 2.20. The second-order valence-electron chi connectivity index (χ2n) is 6.84. The van der Waals surface area contributed by atoms with E-state index in [2.05, 4.69) is 41.4 Å². The van der Waals surface area contributed by atoms with Gasteiger partial charge in [-0.15, -0.1) is 0 Å². The lowest BCUT2D eigenvalue weighted by Crippen LogP contribution is -2.44. The van der Waals surface area contributed by atoms with Crippen molar-refractivity contribution in [3.63, 3.8) is 0 Å². The standard InChI is InChI=1S/C21H27N3O/c1-16(24-13-12-17-6-2-3-8-19(17)15-24)14-23-21(25)11-10-18-7-4-5-9-20(18)22/h2-9,16H,10-15,22H2,1H3,(H,23,25). The minimum atomic E-state index is 0.0903. The van der Waals surface area contributed by atoms with E-state index in [1.165, 1.54) is 11.1 Å². The van der Waals surface area contributed by atoms with Gasteiger partial charge in [-0.25, -0.2) is 0 Å². The van der Waals surface area contributed by atoms with Crippen molar-refractivity contribution < 1.29 is 4.79 Å². The van der Waals surface area contributed by atoms with Crippen molar-refractivity contribution in [3.05, 3.63) is 65.2 Å². The van der Waals surface area contributed by atoms with Crippen LogP contribution in [0.4, 0.5) is 5.69 Å². The molecule has 2 aromatic rings. The number of nitrogens with one attached hydrogen (secondary N) is 1. The van der Waals surface area contributed by atoms with Gasteiger partial charge in [-0.3, -0.25) is 9.69 Å². The van der Waals surface area contributed by atoms with Crippen LogP contribution < -0.4 is 11.1 Å². The number of amides is 1. The van der Waals surface area contributed by atoms with E-state index in [0.29, 0.717) is 25.4 Å². The lowest BCUT2D eigenvalue weighted by molar-refractivity contribution is -0.121. The third-order valence-corrected chi connectivity index (χ3v) is 5.05. The van der Waals surface area contributed by atoms with Gasteiger partial charge in [0.15, 0.2) is 0 Å². The largest absolute Gasteiger partial charge is 0.399 e. The first-order chi connectivity index (χ1) is 12.1. The molecule has 0 saturated carbocycles. The maximum Gasteiger partial charge on any atom is 0.220 e. The molecule has 0 fully saturated rings. The SMILES string of the molecule is CC(CNC(=O)CCc1ccccc1N)N1CCc2ccccc2C1. The first-order valence-corrected chi connectivity index (χ1v) is 9.04. The molecule has 3 rings (SSSR count). The topological polar surface area (TPSA) is 58.4 Å². The molecule has 1 aliphatic rings. The Morgan fingerprint density at radius 1 is 1.16 bits per heavy atom. The molecule has 0 aromatic heterocycles. The zero-order valence-electron chi connectivity index (χ0n) is 14.9. The Kier molecular flexibility index (Phi) is 5.71. The summed E-state index contributed by atoms with van der Waals surface area (Å²) < 4.78 is 0. The summed E-state index contributed by atoms with van der Waals surface area (Å²) in [7, 11) is 0. The van der Waals surface area contributed by atoms with Gasteiger partial charge < -0.3 is 11.1 Å². The summed E-state index contributed by atoms with van der Waals surface area (Å²) in [5.41, 5.74) is 10.6. The maximum atomic E-state index is 12.1. The highest BCUT2D eigenvalue weighted by atomic mass is 16.1. The molecule has 0 spiro atoms. The summed E-state index contributed by atoms with van der Waals surface area (Å²) in [5, 5.41) is 3.07. The number of rotatable bonds is 6. The molecule has 132 valence electrons. The highest BCUT2D eigenvalue weighted by molar-refractivity contribution is 5.76. The number of hydrogen-bond acceptors (Lipinski definition) is 3. The number of nitrogens with zero attached hydrogens (tertiary/aromatic N) is 1. The summed E-state index contributed by atoms with van der Waals surface area (Å²) in [5.74, 6) is 0.0903. The number of aryl methyl sites for hydroxylation is 1. The molecule has 1 unspecified atom stereocenters. The molecule has 1 aliphatic heterocycles. The van der Waals surface area contributed by atoms with E-state index in [4.69, 9.17) is 5.73 Å². The third-order valence-electron chi connectivity index (χ3n) is 5.05. The van der Waals surface area contributed by atoms with E-state index in [-0.39, 0.29) is 5.91 Å². The van der Waals surface area contributed by atoms with Gasteiger partial charge in [0, 0.05) is 37.8 Å². The Morgan fingerprint density at radius 3 is 2.68 bits per heavy atom. The fourth-order valence-corrected chi connectivity index (χ4v) is 3.38. The van der Waals surface area contributed by atoms with Gasteiger partial charge in [0.1, 0.15) is 0 Å². The molecule has 0 aliphatic carbocycles. The third kappa shape index (κ3) is 4.60. The van der Waals surface area contributed by atoms with E-state index in [1.807, 2.05) is 24.3 Å².